The molecule has 0 aliphatic carbocycles. The Morgan fingerprint density at radius 2 is 2.06 bits per heavy atom. The van der Waals surface area contributed by atoms with Gasteiger partial charge in [-0.25, -0.2) is 0 Å². The van der Waals surface area contributed by atoms with Crippen LogP contribution in [0.3, 0.4) is 0 Å². The standard InChI is InChI=1S/C12H25NO3/c1-12(2)10-13-8-11(16-12)9-15-7-5-4-6-14-3/h11,13H,4-10H2,1-3H3. The van der Waals surface area contributed by atoms with Gasteiger partial charge in [-0.2, -0.15) is 0 Å². The van der Waals surface area contributed by atoms with Crippen molar-refractivity contribution in [3.63, 3.8) is 0 Å². The van der Waals surface area contributed by atoms with Crippen molar-refractivity contribution in [1.29, 1.82) is 0 Å². The average Bonchev–Trinajstić information content (AvgIpc) is 2.22. The Bertz CT molecular complexity index is 185. The third-order valence-electron chi connectivity index (χ3n) is 2.60. The topological polar surface area (TPSA) is 39.7 Å². The summed E-state index contributed by atoms with van der Waals surface area (Å²) in [6.45, 7) is 8.30. The molecule has 1 heterocycles. The summed E-state index contributed by atoms with van der Waals surface area (Å²) in [5.74, 6) is 0. The predicted molar refractivity (Wildman–Crippen MR) is 63.8 cm³/mol. The fourth-order valence-corrected chi connectivity index (χ4v) is 1.83. The largest absolute Gasteiger partial charge is 0.385 e. The van der Waals surface area contributed by atoms with E-state index in [9.17, 15) is 0 Å². The first-order valence-electron chi connectivity index (χ1n) is 6.09. The van der Waals surface area contributed by atoms with Gasteiger partial charge in [0, 0.05) is 33.4 Å². The fraction of sp³-hybridized carbons (Fsp3) is 1.00. The summed E-state index contributed by atoms with van der Waals surface area (Å²) < 4.78 is 16.5. The second-order valence-electron chi connectivity index (χ2n) is 4.91. The number of hydrogen-bond donors (Lipinski definition) is 1. The van der Waals surface area contributed by atoms with Gasteiger partial charge in [0.1, 0.15) is 0 Å². The van der Waals surface area contributed by atoms with Crippen LogP contribution in [-0.4, -0.2) is 51.7 Å². The average molecular weight is 231 g/mol. The number of hydrogen-bond acceptors (Lipinski definition) is 4. The number of nitrogens with one attached hydrogen (secondary N) is 1. The molecule has 0 aromatic heterocycles. The zero-order valence-corrected chi connectivity index (χ0v) is 10.8. The van der Waals surface area contributed by atoms with E-state index in [-0.39, 0.29) is 11.7 Å². The van der Waals surface area contributed by atoms with Crippen molar-refractivity contribution in [2.45, 2.75) is 38.4 Å². The van der Waals surface area contributed by atoms with Crippen LogP contribution in [0.25, 0.3) is 0 Å². The Morgan fingerprint density at radius 3 is 2.75 bits per heavy atom. The summed E-state index contributed by atoms with van der Waals surface area (Å²) in [7, 11) is 1.73. The molecule has 1 N–H and O–H groups in total. The maximum Gasteiger partial charge on any atom is 0.0940 e. The van der Waals surface area contributed by atoms with Crippen LogP contribution < -0.4 is 5.32 Å². The molecule has 0 radical (unpaired) electrons. The number of rotatable bonds is 7. The molecule has 0 saturated carbocycles. The summed E-state index contributed by atoms with van der Waals surface area (Å²) in [6, 6.07) is 0. The van der Waals surface area contributed by atoms with Gasteiger partial charge < -0.3 is 19.5 Å². The van der Waals surface area contributed by atoms with Crippen molar-refractivity contribution >= 4 is 0 Å². The summed E-state index contributed by atoms with van der Waals surface area (Å²) >= 11 is 0. The van der Waals surface area contributed by atoms with Crippen LogP contribution in [0.1, 0.15) is 26.7 Å². The van der Waals surface area contributed by atoms with Crippen molar-refractivity contribution in [2.75, 3.05) is 40.0 Å². The first-order valence-corrected chi connectivity index (χ1v) is 6.09. The van der Waals surface area contributed by atoms with Gasteiger partial charge in [-0.3, -0.25) is 0 Å². The first-order chi connectivity index (χ1) is 7.64. The Balaban J connectivity index is 2.00. The molecule has 4 nitrogen and oxygen atoms in total. The van der Waals surface area contributed by atoms with Crippen LogP contribution >= 0.6 is 0 Å². The molecule has 0 bridgehead atoms. The van der Waals surface area contributed by atoms with E-state index in [1.165, 1.54) is 0 Å². The lowest BCUT2D eigenvalue weighted by Crippen LogP contribution is -2.51. The zero-order valence-electron chi connectivity index (χ0n) is 10.8. The summed E-state index contributed by atoms with van der Waals surface area (Å²) in [5, 5.41) is 3.36. The molecule has 1 aliphatic heterocycles. The van der Waals surface area contributed by atoms with Crippen LogP contribution in [0, 0.1) is 0 Å². The van der Waals surface area contributed by atoms with Crippen LogP contribution in [0.15, 0.2) is 0 Å². The molecule has 1 fully saturated rings. The van der Waals surface area contributed by atoms with Gasteiger partial charge in [-0.15, -0.1) is 0 Å². The van der Waals surface area contributed by atoms with E-state index in [1.807, 2.05) is 0 Å². The van der Waals surface area contributed by atoms with Crippen molar-refractivity contribution in [3.05, 3.63) is 0 Å². The number of methoxy groups -OCH3 is 1. The minimum absolute atomic E-state index is 0.0671. The van der Waals surface area contributed by atoms with Gasteiger partial charge in [0.05, 0.1) is 18.3 Å². The van der Waals surface area contributed by atoms with Crippen molar-refractivity contribution < 1.29 is 14.2 Å². The van der Waals surface area contributed by atoms with E-state index in [2.05, 4.69) is 19.2 Å². The van der Waals surface area contributed by atoms with E-state index in [4.69, 9.17) is 14.2 Å². The maximum atomic E-state index is 5.89. The Labute approximate surface area is 98.6 Å². The normalized spacial score (nSPS) is 24.6. The van der Waals surface area contributed by atoms with Gasteiger partial charge in [-0.05, 0) is 26.7 Å². The quantitative estimate of drug-likeness (QED) is 0.668. The van der Waals surface area contributed by atoms with Gasteiger partial charge in [0.2, 0.25) is 0 Å². The number of ether oxygens (including phenoxy) is 3. The molecule has 1 saturated heterocycles. The lowest BCUT2D eigenvalue weighted by atomic mass is 10.1. The molecule has 16 heavy (non-hydrogen) atoms. The molecule has 1 rings (SSSR count). The SMILES string of the molecule is COCCCCOCC1CNCC(C)(C)O1. The molecule has 0 amide bonds. The lowest BCUT2D eigenvalue weighted by Gasteiger charge is -2.36. The third-order valence-corrected chi connectivity index (χ3v) is 2.60. The van der Waals surface area contributed by atoms with Crippen molar-refractivity contribution in [3.8, 4) is 0 Å². The molecule has 0 aromatic rings. The highest BCUT2D eigenvalue weighted by Gasteiger charge is 2.28. The highest BCUT2D eigenvalue weighted by Crippen LogP contribution is 2.15. The van der Waals surface area contributed by atoms with E-state index in [0.717, 1.165) is 39.1 Å². The second kappa shape index (κ2) is 7.22. The molecule has 1 aliphatic rings. The highest BCUT2D eigenvalue weighted by molar-refractivity contribution is 4.81. The van der Waals surface area contributed by atoms with E-state index >= 15 is 0 Å². The lowest BCUT2D eigenvalue weighted by molar-refractivity contribution is -0.120. The highest BCUT2D eigenvalue weighted by atomic mass is 16.5. The van der Waals surface area contributed by atoms with Gasteiger partial charge >= 0.3 is 0 Å². The van der Waals surface area contributed by atoms with Gasteiger partial charge in [0.25, 0.3) is 0 Å². The van der Waals surface area contributed by atoms with Crippen molar-refractivity contribution in [2.24, 2.45) is 0 Å². The van der Waals surface area contributed by atoms with E-state index < -0.39 is 0 Å². The molecule has 96 valence electrons. The number of unbranched alkanes of at least 4 members (excludes halogenated alkanes) is 1. The second-order valence-corrected chi connectivity index (χ2v) is 4.91. The summed E-state index contributed by atoms with van der Waals surface area (Å²) in [6.07, 6.45) is 2.30. The first kappa shape index (κ1) is 13.9. The van der Waals surface area contributed by atoms with Gasteiger partial charge in [-0.1, -0.05) is 0 Å². The number of morpholine rings is 1. The Morgan fingerprint density at radius 1 is 1.31 bits per heavy atom. The smallest absolute Gasteiger partial charge is 0.0940 e. The molecule has 1 unspecified atom stereocenters. The van der Waals surface area contributed by atoms with Crippen LogP contribution in [-0.2, 0) is 14.2 Å². The minimum Gasteiger partial charge on any atom is -0.385 e. The predicted octanol–water partition coefficient (Wildman–Crippen LogP) is 1.20. The molecule has 0 spiro atoms. The molecule has 1 atom stereocenters. The maximum absolute atomic E-state index is 5.89. The van der Waals surface area contributed by atoms with Crippen LogP contribution in [0.5, 0.6) is 0 Å². The van der Waals surface area contributed by atoms with E-state index in [1.54, 1.807) is 7.11 Å². The van der Waals surface area contributed by atoms with Gasteiger partial charge in [0.15, 0.2) is 0 Å². The summed E-state index contributed by atoms with van der Waals surface area (Å²) in [4.78, 5) is 0. The van der Waals surface area contributed by atoms with Crippen LogP contribution in [0.4, 0.5) is 0 Å². The minimum atomic E-state index is -0.0671. The van der Waals surface area contributed by atoms with E-state index in [0.29, 0.717) is 6.61 Å². The molecular weight excluding hydrogens is 206 g/mol. The molecular formula is C12H25NO3. The monoisotopic (exact) mass is 231 g/mol. The fourth-order valence-electron chi connectivity index (χ4n) is 1.83. The third kappa shape index (κ3) is 5.80. The molecule has 4 heteroatoms. The van der Waals surface area contributed by atoms with Crippen molar-refractivity contribution in [1.82, 2.24) is 5.32 Å². The Hall–Kier alpha value is -0.160. The summed E-state index contributed by atoms with van der Waals surface area (Å²) in [5.41, 5.74) is -0.0671. The molecule has 0 aromatic carbocycles. The zero-order chi connectivity index (χ0) is 11.9. The van der Waals surface area contributed by atoms with Crippen LogP contribution in [0.2, 0.25) is 0 Å². The Kier molecular flexibility index (Phi) is 6.28.